The second-order valence-corrected chi connectivity index (χ2v) is 6.12. The van der Waals surface area contributed by atoms with Crippen molar-refractivity contribution in [3.8, 4) is 0 Å². The molecular formula is C15H11NO2S. The van der Waals surface area contributed by atoms with Gasteiger partial charge >= 0.3 is 0 Å². The Labute approximate surface area is 111 Å². The average Bonchev–Trinajstić information content (AvgIpc) is 2.47. The topological polar surface area (TPSA) is 47.0 Å². The summed E-state index contributed by atoms with van der Waals surface area (Å²) in [7, 11) is -3.47. The van der Waals surface area contributed by atoms with E-state index in [4.69, 9.17) is 0 Å². The Bertz CT molecular complexity index is 827. The molecule has 0 radical (unpaired) electrons. The quantitative estimate of drug-likeness (QED) is 0.718. The third-order valence-electron chi connectivity index (χ3n) is 2.94. The predicted molar refractivity (Wildman–Crippen MR) is 73.6 cm³/mol. The van der Waals surface area contributed by atoms with Crippen molar-refractivity contribution >= 4 is 20.7 Å². The van der Waals surface area contributed by atoms with Gasteiger partial charge in [-0.15, -0.1) is 0 Å². The Morgan fingerprint density at radius 3 is 2.37 bits per heavy atom. The third kappa shape index (κ3) is 2.11. The zero-order valence-corrected chi connectivity index (χ0v) is 10.8. The zero-order valence-electron chi connectivity index (χ0n) is 10.0. The van der Waals surface area contributed by atoms with Crippen LogP contribution < -0.4 is 0 Å². The van der Waals surface area contributed by atoms with Crippen molar-refractivity contribution in [1.82, 2.24) is 4.98 Å². The number of pyridine rings is 1. The first-order valence-electron chi connectivity index (χ1n) is 5.83. The normalized spacial score (nSPS) is 11.6. The van der Waals surface area contributed by atoms with Gasteiger partial charge in [-0.05, 0) is 30.3 Å². The first kappa shape index (κ1) is 11.9. The molecule has 1 aromatic heterocycles. The minimum absolute atomic E-state index is 0.268. The number of benzene rings is 2. The molecule has 0 bridgehead atoms. The van der Waals surface area contributed by atoms with Crippen molar-refractivity contribution in [2.24, 2.45) is 0 Å². The second-order valence-electron chi connectivity index (χ2n) is 4.17. The van der Waals surface area contributed by atoms with Crippen LogP contribution in [0.5, 0.6) is 0 Å². The molecule has 3 rings (SSSR count). The lowest BCUT2D eigenvalue weighted by Gasteiger charge is -2.05. The number of fused-ring (bicyclic) bond motifs is 1. The van der Waals surface area contributed by atoms with Crippen LogP contribution in [0.15, 0.2) is 76.7 Å². The Balaban J connectivity index is 2.19. The maximum Gasteiger partial charge on any atom is 0.206 e. The fourth-order valence-corrected chi connectivity index (χ4v) is 3.25. The van der Waals surface area contributed by atoms with E-state index in [-0.39, 0.29) is 4.90 Å². The molecule has 19 heavy (non-hydrogen) atoms. The molecule has 0 saturated carbocycles. The fraction of sp³-hybridized carbons (Fsp3) is 0. The van der Waals surface area contributed by atoms with Crippen molar-refractivity contribution < 1.29 is 8.42 Å². The molecule has 0 unspecified atom stereocenters. The molecule has 94 valence electrons. The van der Waals surface area contributed by atoms with Crippen LogP contribution in [0.1, 0.15) is 0 Å². The number of sulfone groups is 1. The standard InChI is InChI=1S/C15H11NO2S/c17-19(18,13-6-2-1-3-7-13)14-9-8-12-5-4-10-16-15(12)11-14/h1-11H. The van der Waals surface area contributed by atoms with Gasteiger partial charge < -0.3 is 0 Å². The Morgan fingerprint density at radius 1 is 0.789 bits per heavy atom. The Kier molecular flexibility index (Phi) is 2.80. The van der Waals surface area contributed by atoms with E-state index < -0.39 is 9.84 Å². The summed E-state index contributed by atoms with van der Waals surface area (Å²) in [6.07, 6.45) is 1.65. The van der Waals surface area contributed by atoms with Gasteiger partial charge in [-0.3, -0.25) is 4.98 Å². The van der Waals surface area contributed by atoms with E-state index in [1.807, 2.05) is 12.1 Å². The van der Waals surface area contributed by atoms with E-state index in [0.717, 1.165) is 5.39 Å². The van der Waals surface area contributed by atoms with Gasteiger partial charge in [0.05, 0.1) is 15.3 Å². The van der Waals surface area contributed by atoms with E-state index in [1.54, 1.807) is 54.7 Å². The number of hydrogen-bond acceptors (Lipinski definition) is 3. The summed E-state index contributed by atoms with van der Waals surface area (Å²) >= 11 is 0. The van der Waals surface area contributed by atoms with Crippen LogP contribution in [0.25, 0.3) is 10.9 Å². The van der Waals surface area contributed by atoms with Gasteiger partial charge in [0.2, 0.25) is 9.84 Å². The minimum Gasteiger partial charge on any atom is -0.256 e. The lowest BCUT2D eigenvalue weighted by Crippen LogP contribution is -2.01. The third-order valence-corrected chi connectivity index (χ3v) is 4.71. The molecule has 3 nitrogen and oxygen atoms in total. The molecule has 4 heteroatoms. The molecule has 0 amide bonds. The van der Waals surface area contributed by atoms with E-state index in [1.165, 1.54) is 0 Å². The maximum atomic E-state index is 12.4. The van der Waals surface area contributed by atoms with Gasteiger partial charge in [0, 0.05) is 11.6 Å². The van der Waals surface area contributed by atoms with Crippen molar-refractivity contribution in [3.05, 3.63) is 66.9 Å². The van der Waals surface area contributed by atoms with E-state index in [2.05, 4.69) is 4.98 Å². The molecule has 0 aliphatic carbocycles. The highest BCUT2D eigenvalue weighted by molar-refractivity contribution is 7.91. The van der Waals surface area contributed by atoms with E-state index >= 15 is 0 Å². The first-order valence-corrected chi connectivity index (χ1v) is 7.31. The molecule has 2 aromatic carbocycles. The highest BCUT2D eigenvalue weighted by Gasteiger charge is 2.17. The first-order chi connectivity index (χ1) is 9.18. The number of nitrogens with zero attached hydrogens (tertiary/aromatic N) is 1. The molecule has 0 spiro atoms. The van der Waals surface area contributed by atoms with E-state index in [9.17, 15) is 8.42 Å². The van der Waals surface area contributed by atoms with Crippen LogP contribution in [0.4, 0.5) is 0 Å². The average molecular weight is 269 g/mol. The van der Waals surface area contributed by atoms with Crippen molar-refractivity contribution in [1.29, 1.82) is 0 Å². The summed E-state index contributed by atoms with van der Waals surface area (Å²) in [5, 5.41) is 0.925. The minimum atomic E-state index is -3.47. The van der Waals surface area contributed by atoms with E-state index in [0.29, 0.717) is 10.4 Å². The van der Waals surface area contributed by atoms with Crippen LogP contribution in [0, 0.1) is 0 Å². The highest BCUT2D eigenvalue weighted by Crippen LogP contribution is 2.23. The Morgan fingerprint density at radius 2 is 1.58 bits per heavy atom. The van der Waals surface area contributed by atoms with Gasteiger partial charge in [0.15, 0.2) is 0 Å². The molecule has 0 N–H and O–H groups in total. The molecule has 0 saturated heterocycles. The largest absolute Gasteiger partial charge is 0.256 e. The molecule has 1 heterocycles. The number of aromatic nitrogens is 1. The highest BCUT2D eigenvalue weighted by atomic mass is 32.2. The van der Waals surface area contributed by atoms with Crippen molar-refractivity contribution in [2.75, 3.05) is 0 Å². The summed E-state index contributed by atoms with van der Waals surface area (Å²) in [6.45, 7) is 0. The van der Waals surface area contributed by atoms with Gasteiger partial charge in [0.25, 0.3) is 0 Å². The number of rotatable bonds is 2. The lowest BCUT2D eigenvalue weighted by molar-refractivity contribution is 0.596. The smallest absolute Gasteiger partial charge is 0.206 e. The summed E-state index contributed by atoms with van der Waals surface area (Å²) in [4.78, 5) is 4.75. The van der Waals surface area contributed by atoms with Crippen LogP contribution >= 0.6 is 0 Å². The molecule has 0 fully saturated rings. The van der Waals surface area contributed by atoms with Crippen LogP contribution in [-0.2, 0) is 9.84 Å². The molecule has 3 aromatic rings. The maximum absolute atomic E-state index is 12.4. The molecular weight excluding hydrogens is 258 g/mol. The summed E-state index contributed by atoms with van der Waals surface area (Å²) in [5.41, 5.74) is 0.680. The van der Waals surface area contributed by atoms with Crippen molar-refractivity contribution in [3.63, 3.8) is 0 Å². The summed E-state index contributed by atoms with van der Waals surface area (Å²) < 4.78 is 24.9. The second kappa shape index (κ2) is 4.48. The Hall–Kier alpha value is -2.20. The van der Waals surface area contributed by atoms with Crippen LogP contribution in [0.3, 0.4) is 0 Å². The fourth-order valence-electron chi connectivity index (χ4n) is 1.95. The zero-order chi connectivity index (χ0) is 13.3. The SMILES string of the molecule is O=S(=O)(c1ccccc1)c1ccc2cccnc2c1. The van der Waals surface area contributed by atoms with Gasteiger partial charge in [0.1, 0.15) is 0 Å². The van der Waals surface area contributed by atoms with Gasteiger partial charge in [-0.1, -0.05) is 30.3 Å². The van der Waals surface area contributed by atoms with Gasteiger partial charge in [-0.25, -0.2) is 8.42 Å². The van der Waals surface area contributed by atoms with Crippen LogP contribution in [-0.4, -0.2) is 13.4 Å². The van der Waals surface area contributed by atoms with Crippen molar-refractivity contribution in [2.45, 2.75) is 9.79 Å². The van der Waals surface area contributed by atoms with Gasteiger partial charge in [-0.2, -0.15) is 0 Å². The summed E-state index contributed by atoms with van der Waals surface area (Å²) in [5.74, 6) is 0. The molecule has 0 aliphatic heterocycles. The summed E-state index contributed by atoms with van der Waals surface area (Å²) in [6, 6.07) is 17.1. The number of hydrogen-bond donors (Lipinski definition) is 0. The monoisotopic (exact) mass is 269 g/mol. The molecule has 0 aliphatic rings. The predicted octanol–water partition coefficient (Wildman–Crippen LogP) is 3.07. The lowest BCUT2D eigenvalue weighted by atomic mass is 10.2. The molecule has 0 atom stereocenters. The van der Waals surface area contributed by atoms with Crippen LogP contribution in [0.2, 0.25) is 0 Å².